The molecule has 2 rings (SSSR count). The van der Waals surface area contributed by atoms with Gasteiger partial charge in [-0.1, -0.05) is 12.1 Å². The van der Waals surface area contributed by atoms with Crippen LogP contribution in [0, 0.1) is 31.0 Å². The lowest BCUT2D eigenvalue weighted by molar-refractivity contribution is 0.483. The summed E-state index contributed by atoms with van der Waals surface area (Å²) >= 11 is 0. The Bertz CT molecular complexity index is 838. The maximum absolute atomic E-state index is 13.2. The average molecular weight is 305 g/mol. The van der Waals surface area contributed by atoms with Crippen LogP contribution in [0.5, 0.6) is 5.75 Å². The van der Waals surface area contributed by atoms with Gasteiger partial charge in [-0.2, -0.15) is 13.7 Å². The van der Waals surface area contributed by atoms with Gasteiger partial charge in [-0.05, 0) is 49.2 Å². The lowest BCUT2D eigenvalue weighted by atomic mass is 10.1. The van der Waals surface area contributed by atoms with Crippen molar-refractivity contribution in [3.05, 3.63) is 58.9 Å². The molecule has 0 fully saturated rings. The van der Waals surface area contributed by atoms with Gasteiger partial charge in [0.2, 0.25) is 0 Å². The Hall–Kier alpha value is -2.39. The van der Waals surface area contributed by atoms with Crippen LogP contribution in [0.2, 0.25) is 0 Å². The molecule has 0 N–H and O–H groups in total. The van der Waals surface area contributed by atoms with Gasteiger partial charge in [0, 0.05) is 0 Å². The lowest BCUT2D eigenvalue weighted by Gasteiger charge is -2.11. The van der Waals surface area contributed by atoms with Gasteiger partial charge in [0.15, 0.2) is 0 Å². The Morgan fingerprint density at radius 3 is 2.57 bits per heavy atom. The number of hydrogen-bond donors (Lipinski definition) is 0. The van der Waals surface area contributed by atoms with E-state index in [1.807, 2.05) is 13.0 Å². The maximum Gasteiger partial charge on any atom is 0.339 e. The number of halogens is 1. The van der Waals surface area contributed by atoms with Crippen LogP contribution in [0.4, 0.5) is 4.39 Å². The van der Waals surface area contributed by atoms with Crippen molar-refractivity contribution in [3.63, 3.8) is 0 Å². The standard InChI is InChI=1S/C15H12FNO3S/c1-10-4-3-5-15(11(10)2)20-21(18,19)13-6-7-14(16)12(8-13)9-17/h3-8H,1-2H3. The Balaban J connectivity index is 2.44. The van der Waals surface area contributed by atoms with Gasteiger partial charge in [0.1, 0.15) is 22.5 Å². The Labute approximate surface area is 122 Å². The molecular weight excluding hydrogens is 293 g/mol. The van der Waals surface area contributed by atoms with E-state index in [4.69, 9.17) is 9.44 Å². The van der Waals surface area contributed by atoms with Crippen LogP contribution in [0.3, 0.4) is 0 Å². The molecule has 21 heavy (non-hydrogen) atoms. The molecule has 0 saturated carbocycles. The van der Waals surface area contributed by atoms with Crippen molar-refractivity contribution in [3.8, 4) is 11.8 Å². The first-order valence-corrected chi connectivity index (χ1v) is 7.46. The first-order valence-electron chi connectivity index (χ1n) is 6.05. The summed E-state index contributed by atoms with van der Waals surface area (Å²) in [5.41, 5.74) is 1.24. The lowest BCUT2D eigenvalue weighted by Crippen LogP contribution is -2.11. The van der Waals surface area contributed by atoms with Crippen molar-refractivity contribution < 1.29 is 17.0 Å². The molecule has 0 saturated heterocycles. The second kappa shape index (κ2) is 5.54. The van der Waals surface area contributed by atoms with Crippen LogP contribution < -0.4 is 4.18 Å². The number of rotatable bonds is 3. The van der Waals surface area contributed by atoms with E-state index in [-0.39, 0.29) is 16.2 Å². The zero-order chi connectivity index (χ0) is 15.6. The molecule has 0 spiro atoms. The molecule has 0 atom stereocenters. The monoisotopic (exact) mass is 305 g/mol. The summed E-state index contributed by atoms with van der Waals surface area (Å²) in [4.78, 5) is -0.263. The molecule has 0 bridgehead atoms. The summed E-state index contributed by atoms with van der Waals surface area (Å²) in [7, 11) is -4.12. The van der Waals surface area contributed by atoms with E-state index >= 15 is 0 Å². The fourth-order valence-corrected chi connectivity index (χ4v) is 2.74. The van der Waals surface area contributed by atoms with Gasteiger partial charge in [-0.15, -0.1) is 0 Å². The molecule has 2 aromatic carbocycles. The van der Waals surface area contributed by atoms with E-state index in [9.17, 15) is 12.8 Å². The summed E-state index contributed by atoms with van der Waals surface area (Å²) in [5, 5.41) is 8.75. The van der Waals surface area contributed by atoms with Crippen LogP contribution in [-0.2, 0) is 10.1 Å². The minimum atomic E-state index is -4.12. The Kier molecular flexibility index (Phi) is 3.96. The quantitative estimate of drug-likeness (QED) is 0.817. The SMILES string of the molecule is Cc1cccc(OS(=O)(=O)c2ccc(F)c(C#N)c2)c1C. The molecule has 6 heteroatoms. The first kappa shape index (κ1) is 15.0. The number of benzene rings is 2. The largest absolute Gasteiger partial charge is 0.379 e. The highest BCUT2D eigenvalue weighted by Gasteiger charge is 2.20. The number of nitrogens with zero attached hydrogens (tertiary/aromatic N) is 1. The van der Waals surface area contributed by atoms with Crippen LogP contribution in [0.15, 0.2) is 41.3 Å². The summed E-state index contributed by atoms with van der Waals surface area (Å²) in [5.74, 6) is -0.569. The zero-order valence-corrected chi connectivity index (χ0v) is 12.2. The third-order valence-electron chi connectivity index (χ3n) is 3.10. The Morgan fingerprint density at radius 2 is 1.90 bits per heavy atom. The summed E-state index contributed by atoms with van der Waals surface area (Å²) in [6, 6.07) is 9.60. The molecule has 0 unspecified atom stereocenters. The zero-order valence-electron chi connectivity index (χ0n) is 11.4. The van der Waals surface area contributed by atoms with E-state index in [0.717, 1.165) is 23.8 Å². The van der Waals surface area contributed by atoms with Crippen LogP contribution in [0.1, 0.15) is 16.7 Å². The topological polar surface area (TPSA) is 67.2 Å². The van der Waals surface area contributed by atoms with Crippen molar-refractivity contribution in [2.45, 2.75) is 18.7 Å². The normalized spacial score (nSPS) is 11.0. The first-order chi connectivity index (χ1) is 9.85. The van der Waals surface area contributed by atoms with Gasteiger partial charge in [0.25, 0.3) is 0 Å². The van der Waals surface area contributed by atoms with Crippen molar-refractivity contribution >= 4 is 10.1 Å². The van der Waals surface area contributed by atoms with E-state index in [1.165, 1.54) is 6.07 Å². The summed E-state index contributed by atoms with van der Waals surface area (Å²) in [6.45, 7) is 3.58. The van der Waals surface area contributed by atoms with Crippen molar-refractivity contribution in [2.24, 2.45) is 0 Å². The second-order valence-electron chi connectivity index (χ2n) is 4.49. The van der Waals surface area contributed by atoms with Gasteiger partial charge >= 0.3 is 10.1 Å². The molecular formula is C15H12FNO3S. The summed E-state index contributed by atoms with van der Waals surface area (Å²) < 4.78 is 42.7. The van der Waals surface area contributed by atoms with Gasteiger partial charge < -0.3 is 4.18 Å². The van der Waals surface area contributed by atoms with Crippen molar-refractivity contribution in [1.82, 2.24) is 0 Å². The fraction of sp³-hybridized carbons (Fsp3) is 0.133. The van der Waals surface area contributed by atoms with E-state index in [2.05, 4.69) is 0 Å². The second-order valence-corrected chi connectivity index (χ2v) is 6.04. The highest BCUT2D eigenvalue weighted by molar-refractivity contribution is 7.87. The predicted molar refractivity (Wildman–Crippen MR) is 74.8 cm³/mol. The molecule has 0 amide bonds. The van der Waals surface area contributed by atoms with Gasteiger partial charge in [-0.25, -0.2) is 4.39 Å². The molecule has 0 radical (unpaired) electrons. The molecule has 0 heterocycles. The molecule has 0 aliphatic heterocycles. The fourth-order valence-electron chi connectivity index (χ4n) is 1.73. The third kappa shape index (κ3) is 3.03. The van der Waals surface area contributed by atoms with Gasteiger partial charge in [-0.3, -0.25) is 0 Å². The molecule has 2 aromatic rings. The Morgan fingerprint density at radius 1 is 1.19 bits per heavy atom. The van der Waals surface area contributed by atoms with Crippen molar-refractivity contribution in [2.75, 3.05) is 0 Å². The summed E-state index contributed by atoms with van der Waals surface area (Å²) in [6.07, 6.45) is 0. The number of nitriles is 1. The van der Waals surface area contributed by atoms with Gasteiger partial charge in [0.05, 0.1) is 5.56 Å². The smallest absolute Gasteiger partial charge is 0.339 e. The predicted octanol–water partition coefficient (Wildman–Crippen LogP) is 3.08. The van der Waals surface area contributed by atoms with Crippen LogP contribution >= 0.6 is 0 Å². The molecule has 0 aromatic heterocycles. The van der Waals surface area contributed by atoms with Crippen LogP contribution in [0.25, 0.3) is 0 Å². The number of hydrogen-bond acceptors (Lipinski definition) is 4. The maximum atomic E-state index is 13.2. The minimum absolute atomic E-state index is 0.206. The van der Waals surface area contributed by atoms with E-state index < -0.39 is 15.9 Å². The van der Waals surface area contributed by atoms with Crippen molar-refractivity contribution in [1.29, 1.82) is 5.26 Å². The molecule has 0 aliphatic carbocycles. The van der Waals surface area contributed by atoms with Crippen LogP contribution in [-0.4, -0.2) is 8.42 Å². The minimum Gasteiger partial charge on any atom is -0.379 e. The average Bonchev–Trinajstić information content (AvgIpc) is 2.44. The molecule has 108 valence electrons. The van der Waals surface area contributed by atoms with E-state index in [1.54, 1.807) is 19.1 Å². The molecule has 4 nitrogen and oxygen atoms in total. The number of aryl methyl sites for hydroxylation is 1. The highest BCUT2D eigenvalue weighted by Crippen LogP contribution is 2.25. The molecule has 0 aliphatic rings. The van der Waals surface area contributed by atoms with E-state index in [0.29, 0.717) is 5.56 Å². The third-order valence-corrected chi connectivity index (χ3v) is 4.33. The highest BCUT2D eigenvalue weighted by atomic mass is 32.2.